The van der Waals surface area contributed by atoms with Gasteiger partial charge in [-0.15, -0.1) is 0 Å². The molecule has 122 valence electrons. The molecule has 2 aromatic rings. The van der Waals surface area contributed by atoms with Crippen molar-refractivity contribution in [2.24, 2.45) is 0 Å². The highest BCUT2D eigenvalue weighted by Crippen LogP contribution is 2.20. The van der Waals surface area contributed by atoms with E-state index in [-0.39, 0.29) is 11.9 Å². The lowest BCUT2D eigenvalue weighted by molar-refractivity contribution is 0.0963. The molecule has 0 bridgehead atoms. The molecule has 1 aromatic heterocycles. The van der Waals surface area contributed by atoms with E-state index in [4.69, 9.17) is 4.74 Å². The quantitative estimate of drug-likeness (QED) is 0.852. The summed E-state index contributed by atoms with van der Waals surface area (Å²) in [6, 6.07) is 13.6. The van der Waals surface area contributed by atoms with Crippen molar-refractivity contribution in [1.82, 2.24) is 15.2 Å². The Morgan fingerprint density at radius 1 is 1.26 bits per heavy atom. The van der Waals surface area contributed by atoms with Gasteiger partial charge in [-0.05, 0) is 36.9 Å². The maximum atomic E-state index is 11.6. The molecule has 1 unspecified atom stereocenters. The van der Waals surface area contributed by atoms with Crippen LogP contribution in [-0.4, -0.2) is 43.6 Å². The van der Waals surface area contributed by atoms with E-state index in [9.17, 15) is 4.79 Å². The van der Waals surface area contributed by atoms with Gasteiger partial charge in [0, 0.05) is 32.5 Å². The van der Waals surface area contributed by atoms with Crippen molar-refractivity contribution in [2.75, 3.05) is 27.8 Å². The Morgan fingerprint density at radius 3 is 2.57 bits per heavy atom. The Morgan fingerprint density at radius 2 is 2.00 bits per heavy atom. The monoisotopic (exact) mass is 313 g/mol. The molecule has 1 amide bonds. The maximum absolute atomic E-state index is 11.6. The summed E-state index contributed by atoms with van der Waals surface area (Å²) >= 11 is 0. The Labute approximate surface area is 137 Å². The summed E-state index contributed by atoms with van der Waals surface area (Å²) in [7, 11) is 5.37. The number of nitrogens with zero attached hydrogens (tertiary/aromatic N) is 2. The van der Waals surface area contributed by atoms with Gasteiger partial charge in [-0.25, -0.2) is 0 Å². The number of nitrogens with one attached hydrogen (secondary N) is 1. The van der Waals surface area contributed by atoms with E-state index in [0.29, 0.717) is 12.2 Å². The van der Waals surface area contributed by atoms with Crippen molar-refractivity contribution in [3.8, 4) is 0 Å². The molecule has 23 heavy (non-hydrogen) atoms. The van der Waals surface area contributed by atoms with E-state index >= 15 is 0 Å². The Kier molecular flexibility index (Phi) is 6.26. The first-order chi connectivity index (χ1) is 11.2. The molecule has 0 spiro atoms. The van der Waals surface area contributed by atoms with Crippen LogP contribution in [0.15, 0.2) is 48.7 Å². The summed E-state index contributed by atoms with van der Waals surface area (Å²) in [5, 5.41) is 2.62. The second-order valence-electron chi connectivity index (χ2n) is 5.42. The minimum absolute atomic E-state index is 0.0735. The van der Waals surface area contributed by atoms with Crippen LogP contribution in [0, 0.1) is 0 Å². The molecule has 0 aliphatic rings. The number of rotatable bonds is 7. The van der Waals surface area contributed by atoms with Crippen LogP contribution in [0.25, 0.3) is 0 Å². The zero-order valence-electron chi connectivity index (χ0n) is 13.8. The molecule has 1 aromatic carbocycles. The van der Waals surface area contributed by atoms with Gasteiger partial charge in [0.15, 0.2) is 0 Å². The third-order valence-corrected chi connectivity index (χ3v) is 3.76. The number of carbonyl (C=O) groups excluding carboxylic acids is 1. The summed E-state index contributed by atoms with van der Waals surface area (Å²) in [5.41, 5.74) is 2.79. The van der Waals surface area contributed by atoms with Gasteiger partial charge in [-0.1, -0.05) is 18.2 Å². The highest BCUT2D eigenvalue weighted by Gasteiger charge is 2.18. The van der Waals surface area contributed by atoms with Crippen LogP contribution in [0.1, 0.15) is 27.7 Å². The van der Waals surface area contributed by atoms with Crippen LogP contribution >= 0.6 is 0 Å². The fourth-order valence-corrected chi connectivity index (χ4v) is 2.47. The van der Waals surface area contributed by atoms with Crippen LogP contribution in [0.3, 0.4) is 0 Å². The number of hydrogen-bond donors (Lipinski definition) is 1. The van der Waals surface area contributed by atoms with Crippen LogP contribution in [0.2, 0.25) is 0 Å². The van der Waals surface area contributed by atoms with Crippen LogP contribution in [0.4, 0.5) is 0 Å². The maximum Gasteiger partial charge on any atom is 0.251 e. The lowest BCUT2D eigenvalue weighted by atomic mass is 10.1. The summed E-state index contributed by atoms with van der Waals surface area (Å²) in [6.45, 7) is 1.32. The molecule has 1 atom stereocenters. The molecular formula is C18H23N3O2. The molecule has 0 saturated carbocycles. The molecule has 0 saturated heterocycles. The molecule has 5 heteroatoms. The lowest BCUT2D eigenvalue weighted by Gasteiger charge is -2.27. The fraction of sp³-hybridized carbons (Fsp3) is 0.333. The Balaban J connectivity index is 2.09. The standard InChI is InChI=1S/C18H23N3O2/c1-19-18(22)15-9-7-14(8-10-15)12-21(2)17(13-23-3)16-6-4-5-11-20-16/h4-11,17H,12-13H2,1-3H3,(H,19,22). The second kappa shape index (κ2) is 8.41. The SMILES string of the molecule is CNC(=O)c1ccc(CN(C)C(COC)c2ccccn2)cc1. The average Bonchev–Trinajstić information content (AvgIpc) is 2.60. The smallest absolute Gasteiger partial charge is 0.251 e. The minimum Gasteiger partial charge on any atom is -0.383 e. The van der Waals surface area contributed by atoms with Gasteiger partial charge in [0.05, 0.1) is 18.3 Å². The first kappa shape index (κ1) is 17.1. The van der Waals surface area contributed by atoms with Gasteiger partial charge in [0.1, 0.15) is 0 Å². The van der Waals surface area contributed by atoms with Crippen molar-refractivity contribution in [1.29, 1.82) is 0 Å². The van der Waals surface area contributed by atoms with Crippen molar-refractivity contribution in [2.45, 2.75) is 12.6 Å². The van der Waals surface area contributed by atoms with Gasteiger partial charge < -0.3 is 10.1 Å². The molecule has 1 N–H and O–H groups in total. The number of pyridine rings is 1. The minimum atomic E-state index is -0.0735. The van der Waals surface area contributed by atoms with E-state index in [0.717, 1.165) is 17.8 Å². The predicted molar refractivity (Wildman–Crippen MR) is 90.2 cm³/mol. The number of hydrogen-bond acceptors (Lipinski definition) is 4. The first-order valence-corrected chi connectivity index (χ1v) is 7.57. The number of benzene rings is 1. The Bertz CT molecular complexity index is 614. The Hall–Kier alpha value is -2.24. The summed E-state index contributed by atoms with van der Waals surface area (Å²) < 4.78 is 5.35. The zero-order chi connectivity index (χ0) is 16.7. The predicted octanol–water partition coefficient (Wildman–Crippen LogP) is 2.26. The molecule has 0 fully saturated rings. The molecule has 0 aliphatic carbocycles. The van der Waals surface area contributed by atoms with Crippen molar-refractivity contribution >= 4 is 5.91 Å². The van der Waals surface area contributed by atoms with Crippen LogP contribution in [-0.2, 0) is 11.3 Å². The van der Waals surface area contributed by atoms with Gasteiger partial charge in [0.2, 0.25) is 0 Å². The zero-order valence-corrected chi connectivity index (χ0v) is 13.8. The third kappa shape index (κ3) is 4.61. The van der Waals surface area contributed by atoms with Gasteiger partial charge in [0.25, 0.3) is 5.91 Å². The first-order valence-electron chi connectivity index (χ1n) is 7.57. The fourth-order valence-electron chi connectivity index (χ4n) is 2.47. The van der Waals surface area contributed by atoms with E-state index in [1.807, 2.05) is 49.5 Å². The van der Waals surface area contributed by atoms with Gasteiger partial charge in [-0.3, -0.25) is 14.7 Å². The molecule has 5 nitrogen and oxygen atoms in total. The average molecular weight is 313 g/mol. The normalized spacial score (nSPS) is 12.2. The van der Waals surface area contributed by atoms with E-state index in [1.165, 1.54) is 0 Å². The van der Waals surface area contributed by atoms with Gasteiger partial charge >= 0.3 is 0 Å². The summed E-state index contributed by atoms with van der Waals surface area (Å²) in [5.74, 6) is -0.0735. The lowest BCUT2D eigenvalue weighted by Crippen LogP contribution is -2.28. The molecule has 2 rings (SSSR count). The van der Waals surface area contributed by atoms with E-state index < -0.39 is 0 Å². The molecule has 0 aliphatic heterocycles. The van der Waals surface area contributed by atoms with E-state index in [1.54, 1.807) is 20.4 Å². The number of aromatic nitrogens is 1. The largest absolute Gasteiger partial charge is 0.383 e. The van der Waals surface area contributed by atoms with Crippen LogP contribution < -0.4 is 5.32 Å². The number of ether oxygens (including phenoxy) is 1. The van der Waals surface area contributed by atoms with Gasteiger partial charge in [-0.2, -0.15) is 0 Å². The number of methoxy groups -OCH3 is 1. The van der Waals surface area contributed by atoms with Crippen molar-refractivity contribution in [3.63, 3.8) is 0 Å². The molecular weight excluding hydrogens is 290 g/mol. The number of amides is 1. The van der Waals surface area contributed by atoms with Crippen LogP contribution in [0.5, 0.6) is 0 Å². The highest BCUT2D eigenvalue weighted by atomic mass is 16.5. The number of likely N-dealkylation sites (N-methyl/N-ethyl adjacent to an activating group) is 1. The second-order valence-corrected chi connectivity index (χ2v) is 5.42. The van der Waals surface area contributed by atoms with Crippen molar-refractivity contribution in [3.05, 3.63) is 65.5 Å². The summed E-state index contributed by atoms with van der Waals surface area (Å²) in [4.78, 5) is 18.2. The summed E-state index contributed by atoms with van der Waals surface area (Å²) in [6.07, 6.45) is 1.80. The molecule has 1 heterocycles. The molecule has 0 radical (unpaired) electrons. The highest BCUT2D eigenvalue weighted by molar-refractivity contribution is 5.93. The third-order valence-electron chi connectivity index (χ3n) is 3.76. The van der Waals surface area contributed by atoms with Crippen molar-refractivity contribution < 1.29 is 9.53 Å². The number of carbonyl (C=O) groups is 1. The topological polar surface area (TPSA) is 54.5 Å². The van der Waals surface area contributed by atoms with E-state index in [2.05, 4.69) is 15.2 Å².